The minimum atomic E-state index is 0.339. The van der Waals surface area contributed by atoms with Crippen molar-refractivity contribution >= 4 is 5.78 Å². The summed E-state index contributed by atoms with van der Waals surface area (Å²) < 4.78 is 5.59. The fourth-order valence-corrected chi connectivity index (χ4v) is 3.28. The Morgan fingerprint density at radius 2 is 1.85 bits per heavy atom. The lowest BCUT2D eigenvalue weighted by Crippen LogP contribution is -2.21. The van der Waals surface area contributed by atoms with Gasteiger partial charge in [0.2, 0.25) is 0 Å². The van der Waals surface area contributed by atoms with E-state index in [1.165, 1.54) is 51.4 Å². The summed E-state index contributed by atoms with van der Waals surface area (Å²) in [6.45, 7) is 2.26. The summed E-state index contributed by atoms with van der Waals surface area (Å²) >= 11 is 0. The van der Waals surface area contributed by atoms with Gasteiger partial charge in [0.05, 0.1) is 6.10 Å². The molecule has 1 saturated carbocycles. The molecule has 1 rings (SSSR count). The topological polar surface area (TPSA) is 26.3 Å². The van der Waals surface area contributed by atoms with E-state index in [1.54, 1.807) is 0 Å². The number of hydrogen-bond donors (Lipinski definition) is 0. The molecule has 0 bridgehead atoms. The van der Waals surface area contributed by atoms with Gasteiger partial charge in [0.15, 0.2) is 0 Å². The predicted molar refractivity (Wildman–Crippen MR) is 85.0 cm³/mol. The largest absolute Gasteiger partial charge is 0.381 e. The third kappa shape index (κ3) is 7.42. The number of carbonyl (C=O) groups is 1. The van der Waals surface area contributed by atoms with E-state index < -0.39 is 0 Å². The lowest BCUT2D eigenvalue weighted by atomic mass is 9.84. The van der Waals surface area contributed by atoms with Crippen LogP contribution < -0.4 is 0 Å². The van der Waals surface area contributed by atoms with E-state index in [1.807, 2.05) is 7.11 Å². The van der Waals surface area contributed by atoms with Crippen molar-refractivity contribution in [1.82, 2.24) is 0 Å². The molecule has 0 aromatic heterocycles. The van der Waals surface area contributed by atoms with Crippen LogP contribution in [0.1, 0.15) is 90.4 Å². The molecule has 20 heavy (non-hydrogen) atoms. The van der Waals surface area contributed by atoms with Gasteiger partial charge in [-0.2, -0.15) is 0 Å². The van der Waals surface area contributed by atoms with Crippen molar-refractivity contribution in [3.05, 3.63) is 0 Å². The molecule has 0 aromatic carbocycles. The first-order valence-electron chi connectivity index (χ1n) is 8.83. The van der Waals surface area contributed by atoms with Crippen LogP contribution in [0.3, 0.4) is 0 Å². The highest BCUT2D eigenvalue weighted by Crippen LogP contribution is 2.26. The molecular weight excluding hydrogens is 248 g/mol. The van der Waals surface area contributed by atoms with E-state index in [0.717, 1.165) is 32.1 Å². The minimum absolute atomic E-state index is 0.339. The van der Waals surface area contributed by atoms with E-state index in [2.05, 4.69) is 6.92 Å². The summed E-state index contributed by atoms with van der Waals surface area (Å²) in [5.41, 5.74) is 0. The SMILES string of the molecule is CCCCCCCCC(CCC1CCCCC1=O)OC. The molecule has 0 amide bonds. The van der Waals surface area contributed by atoms with Crippen molar-refractivity contribution in [3.8, 4) is 0 Å². The number of methoxy groups -OCH3 is 1. The molecule has 1 fully saturated rings. The van der Waals surface area contributed by atoms with Crippen molar-refractivity contribution < 1.29 is 9.53 Å². The van der Waals surface area contributed by atoms with Gasteiger partial charge in [-0.3, -0.25) is 4.79 Å². The third-order valence-corrected chi connectivity index (χ3v) is 4.73. The molecule has 2 unspecified atom stereocenters. The Morgan fingerprint density at radius 1 is 1.10 bits per heavy atom. The van der Waals surface area contributed by atoms with Crippen LogP contribution >= 0.6 is 0 Å². The van der Waals surface area contributed by atoms with Crippen LogP contribution in [-0.4, -0.2) is 19.0 Å². The number of rotatable bonds is 11. The molecule has 0 spiro atoms. The summed E-state index contributed by atoms with van der Waals surface area (Å²) in [5, 5.41) is 0. The zero-order chi connectivity index (χ0) is 14.6. The zero-order valence-electron chi connectivity index (χ0n) is 13.7. The van der Waals surface area contributed by atoms with Gasteiger partial charge >= 0.3 is 0 Å². The lowest BCUT2D eigenvalue weighted by Gasteiger charge is -2.22. The highest BCUT2D eigenvalue weighted by Gasteiger charge is 2.22. The van der Waals surface area contributed by atoms with Crippen LogP contribution in [0.25, 0.3) is 0 Å². The monoisotopic (exact) mass is 282 g/mol. The van der Waals surface area contributed by atoms with Crippen molar-refractivity contribution in [2.75, 3.05) is 7.11 Å². The second-order valence-electron chi connectivity index (χ2n) is 6.40. The molecule has 2 atom stereocenters. The van der Waals surface area contributed by atoms with E-state index in [4.69, 9.17) is 4.74 Å². The number of ketones is 1. The number of Topliss-reactive ketones (excluding diaryl/α,β-unsaturated/α-hetero) is 1. The summed E-state index contributed by atoms with van der Waals surface area (Å²) in [6.07, 6.45) is 16.0. The first kappa shape index (κ1) is 17.7. The molecule has 1 aliphatic carbocycles. The number of ether oxygens (including phenoxy) is 1. The normalized spacial score (nSPS) is 21.1. The Balaban J connectivity index is 2.08. The van der Waals surface area contributed by atoms with Crippen LogP contribution in [-0.2, 0) is 9.53 Å². The maximum absolute atomic E-state index is 11.8. The fraction of sp³-hybridized carbons (Fsp3) is 0.944. The third-order valence-electron chi connectivity index (χ3n) is 4.73. The Hall–Kier alpha value is -0.370. The second-order valence-corrected chi connectivity index (χ2v) is 6.40. The first-order chi connectivity index (χ1) is 9.77. The van der Waals surface area contributed by atoms with E-state index in [0.29, 0.717) is 17.8 Å². The molecule has 0 aromatic rings. The molecule has 0 heterocycles. The van der Waals surface area contributed by atoms with Gasteiger partial charge in [0.25, 0.3) is 0 Å². The quantitative estimate of drug-likeness (QED) is 0.481. The van der Waals surface area contributed by atoms with Gasteiger partial charge < -0.3 is 4.74 Å². The van der Waals surface area contributed by atoms with Crippen LogP contribution in [0.15, 0.2) is 0 Å². The average molecular weight is 282 g/mol. The standard InChI is InChI=1S/C18H34O2/c1-3-4-5-6-7-8-12-17(20-2)15-14-16-11-9-10-13-18(16)19/h16-17H,3-15H2,1-2H3. The highest BCUT2D eigenvalue weighted by atomic mass is 16.5. The summed E-state index contributed by atoms with van der Waals surface area (Å²) in [4.78, 5) is 11.8. The van der Waals surface area contributed by atoms with Gasteiger partial charge in [-0.25, -0.2) is 0 Å². The van der Waals surface area contributed by atoms with E-state index in [9.17, 15) is 4.79 Å². The van der Waals surface area contributed by atoms with Gasteiger partial charge in [-0.1, -0.05) is 51.9 Å². The van der Waals surface area contributed by atoms with Gasteiger partial charge in [-0.05, 0) is 32.1 Å². The molecule has 2 nitrogen and oxygen atoms in total. The van der Waals surface area contributed by atoms with Gasteiger partial charge in [-0.15, -0.1) is 0 Å². The van der Waals surface area contributed by atoms with Gasteiger partial charge in [0, 0.05) is 19.4 Å². The molecule has 0 aliphatic heterocycles. The van der Waals surface area contributed by atoms with Crippen LogP contribution in [0.5, 0.6) is 0 Å². The molecule has 2 heteroatoms. The zero-order valence-corrected chi connectivity index (χ0v) is 13.7. The van der Waals surface area contributed by atoms with Crippen LogP contribution in [0.2, 0.25) is 0 Å². The van der Waals surface area contributed by atoms with Gasteiger partial charge in [0.1, 0.15) is 5.78 Å². The number of hydrogen-bond acceptors (Lipinski definition) is 2. The van der Waals surface area contributed by atoms with E-state index in [-0.39, 0.29) is 0 Å². The fourth-order valence-electron chi connectivity index (χ4n) is 3.28. The Morgan fingerprint density at radius 3 is 2.55 bits per heavy atom. The smallest absolute Gasteiger partial charge is 0.135 e. The Kier molecular flexibility index (Phi) is 10.00. The minimum Gasteiger partial charge on any atom is -0.381 e. The maximum atomic E-state index is 11.8. The summed E-state index contributed by atoms with van der Waals surface area (Å²) in [5.74, 6) is 0.844. The van der Waals surface area contributed by atoms with Crippen molar-refractivity contribution in [2.45, 2.75) is 96.5 Å². The highest BCUT2D eigenvalue weighted by molar-refractivity contribution is 5.81. The number of unbranched alkanes of at least 4 members (excludes halogenated alkanes) is 5. The molecule has 0 N–H and O–H groups in total. The van der Waals surface area contributed by atoms with E-state index >= 15 is 0 Å². The average Bonchev–Trinajstić information content (AvgIpc) is 2.47. The Bertz CT molecular complexity index is 250. The van der Waals surface area contributed by atoms with Crippen molar-refractivity contribution in [3.63, 3.8) is 0 Å². The summed E-state index contributed by atoms with van der Waals surface area (Å²) in [6, 6.07) is 0. The molecular formula is C18H34O2. The van der Waals surface area contributed by atoms with Crippen molar-refractivity contribution in [2.24, 2.45) is 5.92 Å². The molecule has 118 valence electrons. The van der Waals surface area contributed by atoms with Crippen molar-refractivity contribution in [1.29, 1.82) is 0 Å². The summed E-state index contributed by atoms with van der Waals surface area (Å²) in [7, 11) is 1.82. The number of carbonyl (C=O) groups excluding carboxylic acids is 1. The van der Waals surface area contributed by atoms with Crippen LogP contribution in [0.4, 0.5) is 0 Å². The Labute approximate surface area is 125 Å². The predicted octanol–water partition coefficient (Wildman–Crippen LogP) is 5.29. The van der Waals surface area contributed by atoms with Crippen LogP contribution in [0, 0.1) is 5.92 Å². The molecule has 0 radical (unpaired) electrons. The first-order valence-corrected chi connectivity index (χ1v) is 8.83. The maximum Gasteiger partial charge on any atom is 0.135 e. The molecule has 0 saturated heterocycles. The second kappa shape index (κ2) is 11.3. The lowest BCUT2D eigenvalue weighted by molar-refractivity contribution is -0.125. The molecule has 1 aliphatic rings.